The quantitative estimate of drug-likeness (QED) is 0.0333. The number of hydrogen-bond donors (Lipinski definition) is 0. The minimum absolute atomic E-state index is 0.0306. The molecule has 0 aromatic rings. The third-order valence-electron chi connectivity index (χ3n) is 20.2. The minimum Gasteiger partial charge on any atom is -0.462 e. The zero-order valence-electron chi connectivity index (χ0n) is 51.2. The van der Waals surface area contributed by atoms with Gasteiger partial charge in [-0.15, -0.1) is 0 Å². The molecule has 0 N–H and O–H groups in total. The number of carbonyl (C=O) groups excluding carboxylic acids is 5. The van der Waals surface area contributed by atoms with E-state index in [1.54, 1.807) is 0 Å². The maximum atomic E-state index is 13.7. The molecule has 0 aliphatic heterocycles. The number of Topliss-reactive ketones (excluding diaryl/α,β-unsaturated/α-hetero) is 1. The highest BCUT2D eigenvalue weighted by Gasteiger charge is 2.61. The van der Waals surface area contributed by atoms with Crippen LogP contribution in [-0.4, -0.2) is 55.1 Å². The second-order valence-corrected chi connectivity index (χ2v) is 26.9. The predicted molar refractivity (Wildman–Crippen MR) is 314 cm³/mol. The fourth-order valence-electron chi connectivity index (χ4n) is 15.2. The van der Waals surface area contributed by atoms with Crippen LogP contribution in [0.5, 0.6) is 0 Å². The van der Waals surface area contributed by atoms with Gasteiger partial charge in [-0.3, -0.25) is 24.0 Å². The van der Waals surface area contributed by atoms with Crippen LogP contribution in [0.25, 0.3) is 0 Å². The zero-order chi connectivity index (χ0) is 55.8. The Labute approximate surface area is 472 Å². The van der Waals surface area contributed by atoms with E-state index in [0.29, 0.717) is 48.7 Å². The van der Waals surface area contributed by atoms with Crippen LogP contribution < -0.4 is 0 Å². The summed E-state index contributed by atoms with van der Waals surface area (Å²) in [6, 6.07) is 0. The molecule has 9 heteroatoms. The van der Waals surface area contributed by atoms with Crippen LogP contribution in [0.3, 0.4) is 0 Å². The van der Waals surface area contributed by atoms with Crippen molar-refractivity contribution >= 4 is 29.7 Å². The predicted octanol–water partition coefficient (Wildman–Crippen LogP) is 18.9. The average molecular weight is 1080 g/mol. The second-order valence-electron chi connectivity index (χ2n) is 26.9. The number of carbonyl (C=O) groups is 5. The summed E-state index contributed by atoms with van der Waals surface area (Å²) >= 11 is 0. The van der Waals surface area contributed by atoms with Crippen molar-refractivity contribution in [3.8, 4) is 0 Å². The molecule has 4 aliphatic rings. The molecule has 0 aromatic carbocycles. The number of unbranched alkanes of at least 4 members (excludes halogenated alkanes) is 28. The maximum absolute atomic E-state index is 13.7. The highest BCUT2D eigenvalue weighted by Crippen LogP contribution is 2.67. The van der Waals surface area contributed by atoms with Gasteiger partial charge in [0.1, 0.15) is 25.1 Å². The number of ketones is 1. The van der Waals surface area contributed by atoms with E-state index in [2.05, 4.69) is 27.7 Å². The molecule has 8 atom stereocenters. The summed E-state index contributed by atoms with van der Waals surface area (Å²) in [6.45, 7) is 14.9. The molecule has 4 saturated carbocycles. The number of esters is 4. The van der Waals surface area contributed by atoms with Gasteiger partial charge < -0.3 is 18.9 Å². The molecule has 0 spiro atoms. The average Bonchev–Trinajstić information content (AvgIpc) is 3.81. The lowest BCUT2D eigenvalue weighted by atomic mass is 9.44. The third kappa shape index (κ3) is 24.3. The van der Waals surface area contributed by atoms with Crippen molar-refractivity contribution in [3.05, 3.63) is 0 Å². The van der Waals surface area contributed by atoms with Crippen molar-refractivity contribution in [3.63, 3.8) is 0 Å². The Hall–Kier alpha value is -2.45. The van der Waals surface area contributed by atoms with Gasteiger partial charge >= 0.3 is 23.9 Å². The zero-order valence-corrected chi connectivity index (χ0v) is 51.2. The summed E-state index contributed by atoms with van der Waals surface area (Å²) < 4.78 is 23.4. The van der Waals surface area contributed by atoms with Crippen LogP contribution in [-0.2, 0) is 42.9 Å². The lowest BCUT2D eigenvalue weighted by molar-refractivity contribution is -0.173. The van der Waals surface area contributed by atoms with Crippen LogP contribution in [0.4, 0.5) is 0 Å². The molecular weight excluding hydrogens is 961 g/mol. The minimum atomic E-state index is -0.857. The van der Waals surface area contributed by atoms with E-state index in [1.807, 2.05) is 20.8 Å². The van der Waals surface area contributed by atoms with Gasteiger partial charge in [0, 0.05) is 25.2 Å². The fraction of sp³-hybridized carbons (Fsp3) is 0.926. The van der Waals surface area contributed by atoms with Gasteiger partial charge in [-0.25, -0.2) is 0 Å². The van der Waals surface area contributed by atoms with Crippen molar-refractivity contribution in [2.24, 2.45) is 45.8 Å². The van der Waals surface area contributed by atoms with Crippen molar-refractivity contribution in [2.75, 3.05) is 13.2 Å². The van der Waals surface area contributed by atoms with Gasteiger partial charge in [-0.1, -0.05) is 207 Å². The van der Waals surface area contributed by atoms with Gasteiger partial charge in [-0.05, 0) is 139 Å². The maximum Gasteiger partial charge on any atom is 0.312 e. The molecule has 77 heavy (non-hydrogen) atoms. The standard InChI is InChI=1S/C68H120O9/c1-8-10-12-14-16-18-20-22-24-26-28-31-35-39-62(70)74-52-57(53-75-63(71)40-36-32-29-27-25-23-21-19-17-15-13-11-9-2)77-65(73)66(4,5)48-38-34-30-33-37-41-64(72)76-56-46-49-67(6)55(51-56)42-43-58-60-45-44-59(54(3)69)68(60,7)50-47-61(58)67/h55-61H,8-53H2,1-7H3/t55-,56-,58-,59+,60-,61-,67-,68+/m0/s1. The Morgan fingerprint density at radius 3 is 1.36 bits per heavy atom. The summed E-state index contributed by atoms with van der Waals surface area (Å²) in [5, 5.41) is 0. The van der Waals surface area contributed by atoms with Gasteiger partial charge in [0.05, 0.1) is 5.41 Å². The Morgan fingerprint density at radius 1 is 0.481 bits per heavy atom. The number of rotatable bonds is 44. The van der Waals surface area contributed by atoms with Gasteiger partial charge in [0.2, 0.25) is 0 Å². The first kappa shape index (κ1) is 67.1. The van der Waals surface area contributed by atoms with Crippen molar-refractivity contribution in [2.45, 2.75) is 343 Å². The largest absolute Gasteiger partial charge is 0.462 e. The van der Waals surface area contributed by atoms with Gasteiger partial charge in [-0.2, -0.15) is 0 Å². The molecule has 0 aromatic heterocycles. The lowest BCUT2D eigenvalue weighted by Gasteiger charge is -2.61. The Bertz CT molecular complexity index is 1610. The first-order chi connectivity index (χ1) is 37.1. The molecule has 4 rings (SSSR count). The Morgan fingerprint density at radius 2 is 0.896 bits per heavy atom. The topological polar surface area (TPSA) is 122 Å². The van der Waals surface area contributed by atoms with Crippen molar-refractivity contribution in [1.29, 1.82) is 0 Å². The highest BCUT2D eigenvalue weighted by molar-refractivity contribution is 5.79. The molecule has 446 valence electrons. The lowest BCUT2D eigenvalue weighted by Crippen LogP contribution is -2.54. The van der Waals surface area contributed by atoms with E-state index in [-0.39, 0.29) is 54.5 Å². The summed E-state index contributed by atoms with van der Waals surface area (Å²) in [7, 11) is 0. The van der Waals surface area contributed by atoms with Crippen molar-refractivity contribution < 1.29 is 42.9 Å². The van der Waals surface area contributed by atoms with Crippen LogP contribution in [0.15, 0.2) is 0 Å². The molecular formula is C68H120O9. The molecule has 0 heterocycles. The van der Waals surface area contributed by atoms with Crippen molar-refractivity contribution in [1.82, 2.24) is 0 Å². The number of fused-ring (bicyclic) bond motifs is 5. The first-order valence-electron chi connectivity index (χ1n) is 33.4. The monoisotopic (exact) mass is 1080 g/mol. The van der Waals surface area contributed by atoms with E-state index in [0.717, 1.165) is 108 Å². The molecule has 0 amide bonds. The van der Waals surface area contributed by atoms with E-state index in [9.17, 15) is 24.0 Å². The molecule has 0 bridgehead atoms. The summed E-state index contributed by atoms with van der Waals surface area (Å²) in [4.78, 5) is 65.0. The fourth-order valence-corrected chi connectivity index (χ4v) is 15.2. The summed E-state index contributed by atoms with van der Waals surface area (Å²) in [5.74, 6) is 2.38. The van der Waals surface area contributed by atoms with Gasteiger partial charge in [0.15, 0.2) is 6.10 Å². The van der Waals surface area contributed by atoms with Crippen LogP contribution in [0.2, 0.25) is 0 Å². The molecule has 9 nitrogen and oxygen atoms in total. The van der Waals surface area contributed by atoms with E-state index in [4.69, 9.17) is 18.9 Å². The molecule has 0 unspecified atom stereocenters. The number of hydrogen-bond acceptors (Lipinski definition) is 9. The SMILES string of the molecule is CCCCCCCCCCCCCCCC(=O)OCC(COC(=O)CCCCCCCCCCCCCCC)OC(=O)C(C)(C)CCCCCCCC(=O)O[C@H]1CC[C@@]2(C)[C@@H](CC[C@@H]3[C@@H]2CC[C@]2(C)[C@@H](C(C)=O)CC[C@@H]32)C1. The summed E-state index contributed by atoms with van der Waals surface area (Å²) in [6.07, 6.45) is 47.9. The highest BCUT2D eigenvalue weighted by atomic mass is 16.6. The molecule has 0 radical (unpaired) electrons. The van der Waals surface area contributed by atoms with Crippen LogP contribution in [0.1, 0.15) is 331 Å². The second kappa shape index (κ2) is 37.5. The van der Waals surface area contributed by atoms with Gasteiger partial charge in [0.25, 0.3) is 0 Å². The van der Waals surface area contributed by atoms with E-state index in [1.165, 1.54) is 161 Å². The van der Waals surface area contributed by atoms with E-state index < -0.39 is 11.5 Å². The number of ether oxygens (including phenoxy) is 4. The third-order valence-corrected chi connectivity index (χ3v) is 20.2. The van der Waals surface area contributed by atoms with E-state index >= 15 is 0 Å². The molecule has 0 saturated heterocycles. The van der Waals surface area contributed by atoms with Crippen LogP contribution in [0, 0.1) is 45.8 Å². The molecule has 4 fully saturated rings. The normalized spacial score (nSPS) is 24.9. The first-order valence-corrected chi connectivity index (χ1v) is 33.4. The Balaban J connectivity index is 1.10. The smallest absolute Gasteiger partial charge is 0.312 e. The van der Waals surface area contributed by atoms with Crippen LogP contribution >= 0.6 is 0 Å². The molecule has 4 aliphatic carbocycles. The Kier molecular flexibility index (Phi) is 32.7. The summed E-state index contributed by atoms with van der Waals surface area (Å²) in [5.41, 5.74) is -0.260.